The number of anilines is 3. The largest absolute Gasteiger partial charge is 0.478 e. The highest BCUT2D eigenvalue weighted by Crippen LogP contribution is 2.22. The molecule has 0 atom stereocenters. The molecule has 6 nitrogen and oxygen atoms in total. The van der Waals surface area contributed by atoms with Crippen molar-refractivity contribution in [3.8, 4) is 0 Å². The highest BCUT2D eigenvalue weighted by atomic mass is 16.4. The topological polar surface area (TPSA) is 91.3 Å². The third-order valence-corrected chi connectivity index (χ3v) is 2.76. The number of nitrogens with one attached hydrogen (secondary N) is 2. The molecule has 1 amide bonds. The average Bonchev–Trinajstić information content (AvgIpc) is 2.40. The van der Waals surface area contributed by atoms with E-state index in [-0.39, 0.29) is 11.5 Å². The van der Waals surface area contributed by atoms with Crippen LogP contribution in [-0.4, -0.2) is 22.0 Å². The number of amides is 1. The summed E-state index contributed by atoms with van der Waals surface area (Å²) in [5.41, 5.74) is 2.70. The zero-order chi connectivity index (χ0) is 15.4. The SMILES string of the molecule is CC(=O)Nc1ccc(Nc2cc(C)ncc2C(=O)O)cc1. The second-order valence-corrected chi connectivity index (χ2v) is 4.56. The molecule has 3 N–H and O–H groups in total. The van der Waals surface area contributed by atoms with Crippen LogP contribution in [0.3, 0.4) is 0 Å². The van der Waals surface area contributed by atoms with E-state index in [0.29, 0.717) is 11.4 Å². The number of pyridine rings is 1. The van der Waals surface area contributed by atoms with Gasteiger partial charge < -0.3 is 15.7 Å². The third kappa shape index (κ3) is 3.79. The van der Waals surface area contributed by atoms with Gasteiger partial charge in [-0.05, 0) is 37.3 Å². The molecule has 1 aromatic heterocycles. The zero-order valence-corrected chi connectivity index (χ0v) is 11.7. The maximum Gasteiger partial charge on any atom is 0.339 e. The predicted molar refractivity (Wildman–Crippen MR) is 80.0 cm³/mol. The molecular formula is C15H15N3O3. The van der Waals surface area contributed by atoms with Gasteiger partial charge in [-0.1, -0.05) is 0 Å². The number of carbonyl (C=O) groups is 2. The summed E-state index contributed by atoms with van der Waals surface area (Å²) in [4.78, 5) is 26.1. The maximum absolute atomic E-state index is 11.2. The summed E-state index contributed by atoms with van der Waals surface area (Å²) in [6.07, 6.45) is 1.33. The molecule has 0 bridgehead atoms. The lowest BCUT2D eigenvalue weighted by molar-refractivity contribution is -0.114. The molecule has 1 aromatic carbocycles. The van der Waals surface area contributed by atoms with Gasteiger partial charge in [0, 0.05) is 30.2 Å². The van der Waals surface area contributed by atoms with Gasteiger partial charge in [0.25, 0.3) is 0 Å². The zero-order valence-electron chi connectivity index (χ0n) is 11.7. The average molecular weight is 285 g/mol. The number of benzene rings is 1. The van der Waals surface area contributed by atoms with Gasteiger partial charge in [-0.15, -0.1) is 0 Å². The summed E-state index contributed by atoms with van der Waals surface area (Å²) >= 11 is 0. The van der Waals surface area contributed by atoms with Gasteiger partial charge in [0.15, 0.2) is 0 Å². The van der Waals surface area contributed by atoms with Gasteiger partial charge in [0.1, 0.15) is 5.56 Å². The second kappa shape index (κ2) is 6.04. The first-order valence-electron chi connectivity index (χ1n) is 6.30. The molecular weight excluding hydrogens is 270 g/mol. The molecule has 2 rings (SSSR count). The molecule has 0 aliphatic heterocycles. The van der Waals surface area contributed by atoms with Gasteiger partial charge in [0.05, 0.1) is 5.69 Å². The van der Waals surface area contributed by atoms with Crippen molar-refractivity contribution in [3.63, 3.8) is 0 Å². The Morgan fingerprint density at radius 3 is 2.33 bits per heavy atom. The van der Waals surface area contributed by atoms with Crippen molar-refractivity contribution in [3.05, 3.63) is 47.8 Å². The number of carboxylic acids is 1. The molecule has 0 unspecified atom stereocenters. The molecule has 2 aromatic rings. The summed E-state index contributed by atoms with van der Waals surface area (Å²) in [5, 5.41) is 14.9. The molecule has 6 heteroatoms. The summed E-state index contributed by atoms with van der Waals surface area (Å²) in [6, 6.07) is 8.65. The third-order valence-electron chi connectivity index (χ3n) is 2.76. The lowest BCUT2D eigenvalue weighted by Crippen LogP contribution is -2.06. The molecule has 21 heavy (non-hydrogen) atoms. The summed E-state index contributed by atoms with van der Waals surface area (Å²) in [7, 11) is 0. The molecule has 108 valence electrons. The lowest BCUT2D eigenvalue weighted by atomic mass is 10.2. The Hall–Kier alpha value is -2.89. The first kappa shape index (κ1) is 14.5. The van der Waals surface area contributed by atoms with E-state index in [1.807, 2.05) is 0 Å². The fourth-order valence-electron chi connectivity index (χ4n) is 1.83. The molecule has 0 spiro atoms. The van der Waals surface area contributed by atoms with E-state index in [0.717, 1.165) is 11.4 Å². The number of hydrogen-bond acceptors (Lipinski definition) is 4. The Bertz CT molecular complexity index is 681. The number of carbonyl (C=O) groups excluding carboxylic acids is 1. The van der Waals surface area contributed by atoms with Crippen molar-refractivity contribution >= 4 is 28.9 Å². The molecule has 0 radical (unpaired) electrons. The lowest BCUT2D eigenvalue weighted by Gasteiger charge is -2.11. The van der Waals surface area contributed by atoms with Gasteiger partial charge in [-0.25, -0.2) is 4.79 Å². The van der Waals surface area contributed by atoms with Crippen LogP contribution in [-0.2, 0) is 4.79 Å². The molecule has 0 aliphatic rings. The molecule has 0 saturated carbocycles. The molecule has 0 aliphatic carbocycles. The van der Waals surface area contributed by atoms with E-state index in [4.69, 9.17) is 5.11 Å². The van der Waals surface area contributed by atoms with Crippen LogP contribution in [0.1, 0.15) is 23.0 Å². The van der Waals surface area contributed by atoms with Crippen LogP contribution in [0, 0.1) is 6.92 Å². The number of aryl methyl sites for hydroxylation is 1. The Morgan fingerprint density at radius 2 is 1.76 bits per heavy atom. The van der Waals surface area contributed by atoms with E-state index >= 15 is 0 Å². The van der Waals surface area contributed by atoms with Crippen molar-refractivity contribution < 1.29 is 14.7 Å². The first-order chi connectivity index (χ1) is 9.95. The fraction of sp³-hybridized carbons (Fsp3) is 0.133. The minimum absolute atomic E-state index is 0.103. The molecule has 1 heterocycles. The van der Waals surface area contributed by atoms with Gasteiger partial charge in [-0.2, -0.15) is 0 Å². The van der Waals surface area contributed by atoms with Gasteiger partial charge >= 0.3 is 5.97 Å². The van der Waals surface area contributed by atoms with Crippen LogP contribution in [0.4, 0.5) is 17.1 Å². The quantitative estimate of drug-likeness (QED) is 0.803. The highest BCUT2D eigenvalue weighted by molar-refractivity contribution is 5.95. The van der Waals surface area contributed by atoms with Crippen LogP contribution >= 0.6 is 0 Å². The van der Waals surface area contributed by atoms with Crippen molar-refractivity contribution in [2.45, 2.75) is 13.8 Å². The van der Waals surface area contributed by atoms with Crippen LogP contribution < -0.4 is 10.6 Å². The Balaban J connectivity index is 2.23. The van der Waals surface area contributed by atoms with E-state index in [1.165, 1.54) is 13.1 Å². The minimum atomic E-state index is -1.04. The van der Waals surface area contributed by atoms with E-state index < -0.39 is 5.97 Å². The number of nitrogens with zero attached hydrogens (tertiary/aromatic N) is 1. The van der Waals surface area contributed by atoms with Gasteiger partial charge in [0.2, 0.25) is 5.91 Å². The van der Waals surface area contributed by atoms with E-state index in [9.17, 15) is 9.59 Å². The minimum Gasteiger partial charge on any atom is -0.478 e. The Labute approximate surface area is 121 Å². The van der Waals surface area contributed by atoms with Gasteiger partial charge in [-0.3, -0.25) is 9.78 Å². The maximum atomic E-state index is 11.2. The molecule has 0 fully saturated rings. The number of hydrogen-bond donors (Lipinski definition) is 3. The standard InChI is InChI=1S/C15H15N3O3/c1-9-7-14(13(8-16-9)15(20)21)18-12-5-3-11(4-6-12)17-10(2)19/h3-8H,1-2H3,(H,16,18)(H,17,19)(H,20,21). The summed E-state index contributed by atoms with van der Waals surface area (Å²) < 4.78 is 0. The molecule has 0 saturated heterocycles. The number of aromatic carboxylic acids is 1. The highest BCUT2D eigenvalue weighted by Gasteiger charge is 2.11. The van der Waals surface area contributed by atoms with Crippen LogP contribution in [0.2, 0.25) is 0 Å². The second-order valence-electron chi connectivity index (χ2n) is 4.56. The van der Waals surface area contributed by atoms with Crippen LogP contribution in [0.15, 0.2) is 36.5 Å². The fourth-order valence-corrected chi connectivity index (χ4v) is 1.83. The number of carboxylic acid groups (broad SMARTS) is 1. The first-order valence-corrected chi connectivity index (χ1v) is 6.30. The summed E-state index contributed by atoms with van der Waals surface area (Å²) in [5.74, 6) is -1.19. The monoisotopic (exact) mass is 285 g/mol. The van der Waals surface area contributed by atoms with Crippen LogP contribution in [0.25, 0.3) is 0 Å². The predicted octanol–water partition coefficient (Wildman–Crippen LogP) is 2.79. The van der Waals surface area contributed by atoms with Crippen molar-refractivity contribution in [1.29, 1.82) is 0 Å². The number of aromatic nitrogens is 1. The van der Waals surface area contributed by atoms with Crippen LogP contribution in [0.5, 0.6) is 0 Å². The van der Waals surface area contributed by atoms with E-state index in [2.05, 4.69) is 15.6 Å². The number of rotatable bonds is 4. The van der Waals surface area contributed by atoms with Crippen molar-refractivity contribution in [1.82, 2.24) is 4.98 Å². The Morgan fingerprint density at radius 1 is 1.14 bits per heavy atom. The van der Waals surface area contributed by atoms with Crippen molar-refractivity contribution in [2.24, 2.45) is 0 Å². The van der Waals surface area contributed by atoms with Crippen molar-refractivity contribution in [2.75, 3.05) is 10.6 Å². The normalized spacial score (nSPS) is 10.0. The van der Waals surface area contributed by atoms with E-state index in [1.54, 1.807) is 37.3 Å². The summed E-state index contributed by atoms with van der Waals surface area (Å²) in [6.45, 7) is 3.22. The Kier molecular flexibility index (Phi) is 4.18. The smallest absolute Gasteiger partial charge is 0.339 e.